The molecular formula is C18H17ClN2O. The first-order valence-corrected chi connectivity index (χ1v) is 7.66. The summed E-state index contributed by atoms with van der Waals surface area (Å²) >= 11 is 5.89. The second-order valence-corrected chi connectivity index (χ2v) is 5.47. The normalized spacial score (nSPS) is 10.6. The Labute approximate surface area is 135 Å². The molecule has 0 aliphatic rings. The van der Waals surface area contributed by atoms with Gasteiger partial charge >= 0.3 is 0 Å². The fourth-order valence-corrected chi connectivity index (χ4v) is 2.30. The molecule has 4 heteroatoms. The third-order valence-corrected chi connectivity index (χ3v) is 3.74. The van der Waals surface area contributed by atoms with E-state index in [1.165, 1.54) is 5.56 Å². The van der Waals surface area contributed by atoms with E-state index >= 15 is 0 Å². The van der Waals surface area contributed by atoms with Crippen molar-refractivity contribution in [2.24, 2.45) is 0 Å². The number of hydrogen-bond acceptors (Lipinski definition) is 3. The van der Waals surface area contributed by atoms with Crippen LogP contribution in [-0.4, -0.2) is 4.98 Å². The number of nitrogens with zero attached hydrogens (tertiary/aromatic N) is 1. The predicted molar refractivity (Wildman–Crippen MR) is 90.1 cm³/mol. The molecule has 0 radical (unpaired) electrons. The number of aromatic nitrogens is 1. The Hall–Kier alpha value is -2.26. The van der Waals surface area contributed by atoms with Crippen LogP contribution in [0.4, 0.5) is 5.69 Å². The molecule has 2 aromatic carbocycles. The maximum Gasteiger partial charge on any atom is 0.214 e. The van der Waals surface area contributed by atoms with Crippen molar-refractivity contribution in [2.75, 3.05) is 5.32 Å². The van der Waals surface area contributed by atoms with Crippen molar-refractivity contribution in [3.05, 3.63) is 71.2 Å². The Morgan fingerprint density at radius 1 is 1.05 bits per heavy atom. The van der Waals surface area contributed by atoms with Gasteiger partial charge in [-0.3, -0.25) is 0 Å². The summed E-state index contributed by atoms with van der Waals surface area (Å²) in [4.78, 5) is 4.30. The van der Waals surface area contributed by atoms with Crippen LogP contribution in [0.3, 0.4) is 0 Å². The zero-order chi connectivity index (χ0) is 15.4. The van der Waals surface area contributed by atoms with Crippen LogP contribution < -0.4 is 5.32 Å². The molecule has 0 spiro atoms. The third-order valence-electron chi connectivity index (χ3n) is 3.49. The minimum atomic E-state index is 0.555. The molecule has 0 aliphatic carbocycles. The van der Waals surface area contributed by atoms with E-state index in [9.17, 15) is 0 Å². The van der Waals surface area contributed by atoms with Gasteiger partial charge in [-0.15, -0.1) is 0 Å². The van der Waals surface area contributed by atoms with Crippen LogP contribution >= 0.6 is 11.6 Å². The molecule has 3 nitrogen and oxygen atoms in total. The molecule has 0 fully saturated rings. The van der Waals surface area contributed by atoms with Crippen LogP contribution in [0.2, 0.25) is 5.02 Å². The number of aryl methyl sites for hydroxylation is 1. The number of halogens is 1. The van der Waals surface area contributed by atoms with Crippen molar-refractivity contribution in [3.8, 4) is 11.3 Å². The van der Waals surface area contributed by atoms with Gasteiger partial charge in [-0.05, 0) is 48.4 Å². The summed E-state index contributed by atoms with van der Waals surface area (Å²) in [5, 5.41) is 4.02. The SMILES string of the molecule is CCc1ccc(NCc2ncc(-c3ccc(Cl)cc3)o2)cc1. The van der Waals surface area contributed by atoms with Crippen molar-refractivity contribution in [1.82, 2.24) is 4.98 Å². The number of anilines is 1. The van der Waals surface area contributed by atoms with Crippen LogP contribution in [0.15, 0.2) is 59.1 Å². The van der Waals surface area contributed by atoms with Crippen molar-refractivity contribution in [3.63, 3.8) is 0 Å². The van der Waals surface area contributed by atoms with Gasteiger partial charge in [-0.2, -0.15) is 0 Å². The molecule has 0 aliphatic heterocycles. The van der Waals surface area contributed by atoms with E-state index in [1.54, 1.807) is 6.20 Å². The van der Waals surface area contributed by atoms with E-state index < -0.39 is 0 Å². The average Bonchev–Trinajstić information content (AvgIpc) is 3.03. The molecule has 0 unspecified atom stereocenters. The molecule has 0 bridgehead atoms. The summed E-state index contributed by atoms with van der Waals surface area (Å²) in [7, 11) is 0. The standard InChI is InChI=1S/C18H17ClN2O/c1-2-13-3-9-16(10-4-13)20-12-18-21-11-17(22-18)14-5-7-15(19)8-6-14/h3-11,20H,2,12H2,1H3. The smallest absolute Gasteiger partial charge is 0.214 e. The lowest BCUT2D eigenvalue weighted by Crippen LogP contribution is -1.99. The van der Waals surface area contributed by atoms with Gasteiger partial charge in [0, 0.05) is 16.3 Å². The molecule has 112 valence electrons. The number of hydrogen-bond donors (Lipinski definition) is 1. The average molecular weight is 313 g/mol. The zero-order valence-corrected chi connectivity index (χ0v) is 13.1. The van der Waals surface area contributed by atoms with Gasteiger partial charge in [0.05, 0.1) is 12.7 Å². The molecule has 1 N–H and O–H groups in total. The monoisotopic (exact) mass is 312 g/mol. The van der Waals surface area contributed by atoms with Gasteiger partial charge in [0.15, 0.2) is 5.76 Å². The summed E-state index contributed by atoms with van der Waals surface area (Å²) < 4.78 is 5.76. The van der Waals surface area contributed by atoms with E-state index in [0.717, 1.165) is 23.4 Å². The highest BCUT2D eigenvalue weighted by Crippen LogP contribution is 2.22. The van der Waals surface area contributed by atoms with E-state index in [4.69, 9.17) is 16.0 Å². The second-order valence-electron chi connectivity index (χ2n) is 5.03. The van der Waals surface area contributed by atoms with Crippen molar-refractivity contribution < 1.29 is 4.42 Å². The molecule has 0 saturated heterocycles. The van der Waals surface area contributed by atoms with Crippen molar-refractivity contribution >= 4 is 17.3 Å². The highest BCUT2D eigenvalue weighted by molar-refractivity contribution is 6.30. The summed E-state index contributed by atoms with van der Waals surface area (Å²) in [5.74, 6) is 1.40. The first-order valence-electron chi connectivity index (χ1n) is 7.28. The summed E-state index contributed by atoms with van der Waals surface area (Å²) in [6, 6.07) is 15.9. The fraction of sp³-hybridized carbons (Fsp3) is 0.167. The molecule has 0 atom stereocenters. The van der Waals surface area contributed by atoms with Gasteiger partial charge in [0.25, 0.3) is 0 Å². The van der Waals surface area contributed by atoms with E-state index in [1.807, 2.05) is 24.3 Å². The summed E-state index contributed by atoms with van der Waals surface area (Å²) in [6.45, 7) is 2.70. The Morgan fingerprint density at radius 3 is 2.45 bits per heavy atom. The minimum absolute atomic E-state index is 0.555. The molecule has 22 heavy (non-hydrogen) atoms. The highest BCUT2D eigenvalue weighted by Gasteiger charge is 2.06. The van der Waals surface area contributed by atoms with Gasteiger partial charge in [0.1, 0.15) is 0 Å². The molecular weight excluding hydrogens is 296 g/mol. The lowest BCUT2D eigenvalue weighted by atomic mass is 10.1. The molecule has 0 amide bonds. The Bertz CT molecular complexity index is 733. The number of nitrogens with one attached hydrogen (secondary N) is 1. The predicted octanol–water partition coefficient (Wildman–Crippen LogP) is 5.17. The Morgan fingerprint density at radius 2 is 1.77 bits per heavy atom. The summed E-state index contributed by atoms with van der Waals surface area (Å²) in [5.41, 5.74) is 3.35. The zero-order valence-electron chi connectivity index (χ0n) is 12.3. The molecule has 0 saturated carbocycles. The summed E-state index contributed by atoms with van der Waals surface area (Å²) in [6.07, 6.45) is 2.78. The minimum Gasteiger partial charge on any atom is -0.439 e. The van der Waals surface area contributed by atoms with Crippen LogP contribution in [-0.2, 0) is 13.0 Å². The fourth-order valence-electron chi connectivity index (χ4n) is 2.18. The largest absolute Gasteiger partial charge is 0.439 e. The molecule has 1 aromatic heterocycles. The van der Waals surface area contributed by atoms with Gasteiger partial charge in [0.2, 0.25) is 5.89 Å². The van der Waals surface area contributed by atoms with E-state index in [-0.39, 0.29) is 0 Å². The number of benzene rings is 2. The molecule has 1 heterocycles. The van der Waals surface area contributed by atoms with E-state index in [2.05, 4.69) is 41.5 Å². The van der Waals surface area contributed by atoms with Crippen LogP contribution in [0.5, 0.6) is 0 Å². The van der Waals surface area contributed by atoms with Crippen LogP contribution in [0.25, 0.3) is 11.3 Å². The first kappa shape index (κ1) is 14.7. The quantitative estimate of drug-likeness (QED) is 0.706. The topological polar surface area (TPSA) is 38.1 Å². The van der Waals surface area contributed by atoms with Crippen LogP contribution in [0.1, 0.15) is 18.4 Å². The van der Waals surface area contributed by atoms with E-state index in [0.29, 0.717) is 17.5 Å². The Balaban J connectivity index is 1.65. The van der Waals surface area contributed by atoms with Gasteiger partial charge in [-0.1, -0.05) is 30.7 Å². The lowest BCUT2D eigenvalue weighted by molar-refractivity contribution is 0.516. The lowest BCUT2D eigenvalue weighted by Gasteiger charge is -2.04. The number of oxazole rings is 1. The Kier molecular flexibility index (Phi) is 4.45. The van der Waals surface area contributed by atoms with Gasteiger partial charge < -0.3 is 9.73 Å². The third kappa shape index (κ3) is 3.49. The highest BCUT2D eigenvalue weighted by atomic mass is 35.5. The molecule has 3 rings (SSSR count). The number of rotatable bonds is 5. The van der Waals surface area contributed by atoms with Crippen molar-refractivity contribution in [1.29, 1.82) is 0 Å². The second kappa shape index (κ2) is 6.67. The molecule has 3 aromatic rings. The van der Waals surface area contributed by atoms with Crippen LogP contribution in [0, 0.1) is 0 Å². The van der Waals surface area contributed by atoms with Gasteiger partial charge in [-0.25, -0.2) is 4.98 Å². The maximum absolute atomic E-state index is 5.89. The van der Waals surface area contributed by atoms with Crippen molar-refractivity contribution in [2.45, 2.75) is 19.9 Å². The maximum atomic E-state index is 5.89. The first-order chi connectivity index (χ1) is 10.7.